The molecule has 6 heteroatoms. The highest BCUT2D eigenvalue weighted by molar-refractivity contribution is 5.80. The van der Waals surface area contributed by atoms with Crippen LogP contribution in [0.15, 0.2) is 30.6 Å². The molecule has 2 heterocycles. The summed E-state index contributed by atoms with van der Waals surface area (Å²) in [5.41, 5.74) is 3.33. The molecule has 2 aromatic rings. The molecule has 0 saturated carbocycles. The topological polar surface area (TPSA) is 68.2 Å². The molecule has 1 fully saturated rings. The maximum Gasteiger partial charge on any atom is 0.225 e. The van der Waals surface area contributed by atoms with E-state index in [9.17, 15) is 4.79 Å². The van der Waals surface area contributed by atoms with Crippen molar-refractivity contribution >= 4 is 5.91 Å². The predicted molar refractivity (Wildman–Crippen MR) is 101 cm³/mol. The Kier molecular flexibility index (Phi) is 5.61. The monoisotopic (exact) mass is 356 g/mol. The number of hydrogen-bond acceptors (Lipinski definition) is 4. The number of carbonyl (C=O) groups is 1. The lowest BCUT2D eigenvalue weighted by molar-refractivity contribution is -0.125. The van der Waals surface area contributed by atoms with Crippen LogP contribution in [0.25, 0.3) is 0 Å². The van der Waals surface area contributed by atoms with Gasteiger partial charge in [0.2, 0.25) is 5.91 Å². The molecule has 3 atom stereocenters. The quantitative estimate of drug-likeness (QED) is 0.830. The second-order valence-corrected chi connectivity index (χ2v) is 7.26. The van der Waals surface area contributed by atoms with Gasteiger partial charge in [-0.2, -0.15) is 5.10 Å². The van der Waals surface area contributed by atoms with E-state index in [-0.39, 0.29) is 23.8 Å². The van der Waals surface area contributed by atoms with Gasteiger partial charge in [0.15, 0.2) is 0 Å². The maximum absolute atomic E-state index is 12.8. The minimum atomic E-state index is -0.0816. The van der Waals surface area contributed by atoms with Gasteiger partial charge in [0.25, 0.3) is 0 Å². The van der Waals surface area contributed by atoms with Crippen molar-refractivity contribution in [2.75, 3.05) is 19.7 Å². The first-order chi connectivity index (χ1) is 12.5. The Morgan fingerprint density at radius 2 is 2.12 bits per heavy atom. The molecule has 1 amide bonds. The Balaban J connectivity index is 1.57. The maximum atomic E-state index is 12.8. The van der Waals surface area contributed by atoms with Gasteiger partial charge in [0, 0.05) is 32.3 Å². The fourth-order valence-electron chi connectivity index (χ4n) is 3.56. The molecule has 0 spiro atoms. The van der Waals surface area contributed by atoms with Gasteiger partial charge in [0.05, 0.1) is 18.2 Å². The Hall–Kier alpha value is -2.34. The normalized spacial score (nSPS) is 20.8. The van der Waals surface area contributed by atoms with Crippen molar-refractivity contribution in [2.24, 2.45) is 13.0 Å². The molecule has 3 rings (SSSR count). The summed E-state index contributed by atoms with van der Waals surface area (Å²) < 4.78 is 7.75. The number of nitrogens with one attached hydrogen (secondary N) is 2. The van der Waals surface area contributed by atoms with Crippen LogP contribution >= 0.6 is 0 Å². The summed E-state index contributed by atoms with van der Waals surface area (Å²) in [6, 6.07) is 6.04. The Morgan fingerprint density at radius 3 is 2.77 bits per heavy atom. The van der Waals surface area contributed by atoms with Crippen molar-refractivity contribution in [3.8, 4) is 5.75 Å². The molecule has 1 unspecified atom stereocenters. The molecular weight excluding hydrogens is 328 g/mol. The van der Waals surface area contributed by atoms with Crippen LogP contribution in [0.4, 0.5) is 0 Å². The minimum Gasteiger partial charge on any atom is -0.491 e. The average Bonchev–Trinajstić information content (AvgIpc) is 3.22. The number of nitrogens with zero attached hydrogens (tertiary/aromatic N) is 2. The van der Waals surface area contributed by atoms with E-state index in [0.29, 0.717) is 13.2 Å². The van der Waals surface area contributed by atoms with E-state index in [0.717, 1.165) is 29.0 Å². The van der Waals surface area contributed by atoms with E-state index in [1.807, 2.05) is 58.4 Å². The molecule has 140 valence electrons. The van der Waals surface area contributed by atoms with Crippen molar-refractivity contribution in [1.29, 1.82) is 0 Å². The number of hydrogen-bond donors (Lipinski definition) is 2. The zero-order valence-corrected chi connectivity index (χ0v) is 16.0. The second kappa shape index (κ2) is 7.91. The first-order valence-corrected chi connectivity index (χ1v) is 9.14. The van der Waals surface area contributed by atoms with Gasteiger partial charge in [-0.1, -0.05) is 18.2 Å². The molecule has 2 N–H and O–H groups in total. The molecular formula is C20H28N4O2. The number of para-hydroxylation sites is 1. The van der Waals surface area contributed by atoms with Crippen molar-refractivity contribution in [3.05, 3.63) is 47.3 Å². The van der Waals surface area contributed by atoms with Crippen LogP contribution in [0.2, 0.25) is 0 Å². The molecule has 6 nitrogen and oxygen atoms in total. The van der Waals surface area contributed by atoms with Gasteiger partial charge >= 0.3 is 0 Å². The number of rotatable bonds is 6. The van der Waals surface area contributed by atoms with Crippen LogP contribution in [-0.2, 0) is 11.8 Å². The van der Waals surface area contributed by atoms with Gasteiger partial charge in [-0.15, -0.1) is 0 Å². The summed E-state index contributed by atoms with van der Waals surface area (Å²) in [4.78, 5) is 12.8. The van der Waals surface area contributed by atoms with Gasteiger partial charge in [-0.05, 0) is 37.5 Å². The largest absolute Gasteiger partial charge is 0.491 e. The Labute approximate surface area is 154 Å². The number of amides is 1. The van der Waals surface area contributed by atoms with E-state index >= 15 is 0 Å². The number of carbonyl (C=O) groups excluding carboxylic acids is 1. The van der Waals surface area contributed by atoms with E-state index < -0.39 is 0 Å². The van der Waals surface area contributed by atoms with Crippen LogP contribution in [0.5, 0.6) is 5.75 Å². The zero-order valence-electron chi connectivity index (χ0n) is 16.0. The van der Waals surface area contributed by atoms with Gasteiger partial charge in [-0.3, -0.25) is 9.48 Å². The summed E-state index contributed by atoms with van der Waals surface area (Å²) >= 11 is 0. The lowest BCUT2D eigenvalue weighted by Crippen LogP contribution is -2.42. The summed E-state index contributed by atoms with van der Waals surface area (Å²) in [6.45, 7) is 8.00. The fourth-order valence-corrected chi connectivity index (χ4v) is 3.56. The Bertz CT molecular complexity index is 751. The SMILES string of the molecule is Cc1cccc(C)c1OCC(C)NC(=O)[C@H]1CNC[C@@H]1c1cnn(C)c1. The first-order valence-electron chi connectivity index (χ1n) is 9.14. The fraction of sp³-hybridized carbons (Fsp3) is 0.500. The second-order valence-electron chi connectivity index (χ2n) is 7.26. The molecule has 1 aromatic carbocycles. The molecule has 26 heavy (non-hydrogen) atoms. The molecule has 0 bridgehead atoms. The van der Waals surface area contributed by atoms with Crippen LogP contribution in [0, 0.1) is 19.8 Å². The van der Waals surface area contributed by atoms with Gasteiger partial charge in [-0.25, -0.2) is 0 Å². The van der Waals surface area contributed by atoms with E-state index in [2.05, 4.69) is 15.7 Å². The zero-order chi connectivity index (χ0) is 18.7. The molecule has 1 aliphatic heterocycles. The van der Waals surface area contributed by atoms with Crippen LogP contribution < -0.4 is 15.4 Å². The summed E-state index contributed by atoms with van der Waals surface area (Å²) in [5, 5.41) is 10.7. The third-order valence-electron chi connectivity index (χ3n) is 4.98. The van der Waals surface area contributed by atoms with Gasteiger partial charge in [0.1, 0.15) is 12.4 Å². The van der Waals surface area contributed by atoms with Crippen LogP contribution in [-0.4, -0.2) is 41.4 Å². The smallest absolute Gasteiger partial charge is 0.225 e. The number of aromatic nitrogens is 2. The van der Waals surface area contributed by atoms with Crippen molar-refractivity contribution in [2.45, 2.75) is 32.7 Å². The van der Waals surface area contributed by atoms with Crippen molar-refractivity contribution in [1.82, 2.24) is 20.4 Å². The third kappa shape index (κ3) is 4.07. The van der Waals surface area contributed by atoms with E-state index in [4.69, 9.17) is 4.74 Å². The molecule has 1 aliphatic rings. The van der Waals surface area contributed by atoms with E-state index in [1.54, 1.807) is 4.68 Å². The third-order valence-corrected chi connectivity index (χ3v) is 4.98. The minimum absolute atomic E-state index is 0.0587. The highest BCUT2D eigenvalue weighted by atomic mass is 16.5. The number of ether oxygens (including phenoxy) is 1. The average molecular weight is 356 g/mol. The molecule has 1 aromatic heterocycles. The number of benzene rings is 1. The highest BCUT2D eigenvalue weighted by Gasteiger charge is 2.35. The molecule has 1 saturated heterocycles. The summed E-state index contributed by atoms with van der Waals surface area (Å²) in [7, 11) is 1.90. The van der Waals surface area contributed by atoms with Crippen LogP contribution in [0.3, 0.4) is 0 Å². The van der Waals surface area contributed by atoms with E-state index in [1.165, 1.54) is 0 Å². The van der Waals surface area contributed by atoms with Crippen LogP contribution in [0.1, 0.15) is 29.5 Å². The van der Waals surface area contributed by atoms with Crippen molar-refractivity contribution < 1.29 is 9.53 Å². The standard InChI is InChI=1S/C20H28N4O2/c1-13-6-5-7-14(2)19(13)26-12-15(3)23-20(25)18-10-21-9-17(18)16-8-22-24(4)11-16/h5-8,11,15,17-18,21H,9-10,12H2,1-4H3,(H,23,25)/t15?,17-,18+/m1/s1. The highest BCUT2D eigenvalue weighted by Crippen LogP contribution is 2.28. The lowest BCUT2D eigenvalue weighted by Gasteiger charge is -2.21. The lowest BCUT2D eigenvalue weighted by atomic mass is 9.90. The molecule has 0 radical (unpaired) electrons. The summed E-state index contributed by atoms with van der Waals surface area (Å²) in [5.74, 6) is 1.06. The summed E-state index contributed by atoms with van der Waals surface area (Å²) in [6.07, 6.45) is 3.84. The Morgan fingerprint density at radius 1 is 1.38 bits per heavy atom. The molecule has 0 aliphatic carbocycles. The van der Waals surface area contributed by atoms with Gasteiger partial charge < -0.3 is 15.4 Å². The van der Waals surface area contributed by atoms with Crippen molar-refractivity contribution in [3.63, 3.8) is 0 Å². The predicted octanol–water partition coefficient (Wildman–Crippen LogP) is 1.92. The number of aryl methyl sites for hydroxylation is 3. The first kappa shape index (κ1) is 18.5.